The molecule has 1 heterocycles. The van der Waals surface area contributed by atoms with Crippen LogP contribution in [-0.4, -0.2) is 41.2 Å². The highest BCUT2D eigenvalue weighted by Gasteiger charge is 2.21. The number of amides is 1. The molecule has 0 aromatic heterocycles. The van der Waals surface area contributed by atoms with Crippen LogP contribution in [0.2, 0.25) is 5.02 Å². The normalized spacial score (nSPS) is 15.0. The number of methoxy groups -OCH3 is 1. The fourth-order valence-corrected chi connectivity index (χ4v) is 3.85. The molecule has 0 spiro atoms. The number of nitrogens with zero attached hydrogens (tertiary/aromatic N) is 1. The van der Waals surface area contributed by atoms with Gasteiger partial charge in [-0.2, -0.15) is 0 Å². The van der Waals surface area contributed by atoms with E-state index < -0.39 is 10.0 Å². The van der Waals surface area contributed by atoms with Crippen LogP contribution in [0.3, 0.4) is 0 Å². The molecule has 1 N–H and O–H groups in total. The Morgan fingerprint density at radius 1 is 1.19 bits per heavy atom. The Bertz CT molecular complexity index is 915. The third kappa shape index (κ3) is 3.92. The Morgan fingerprint density at radius 3 is 2.54 bits per heavy atom. The third-order valence-corrected chi connectivity index (χ3v) is 5.54. The van der Waals surface area contributed by atoms with E-state index in [1.165, 1.54) is 25.3 Å². The van der Waals surface area contributed by atoms with E-state index >= 15 is 0 Å². The van der Waals surface area contributed by atoms with Crippen LogP contribution in [0.4, 0.5) is 11.4 Å². The quantitative estimate of drug-likeness (QED) is 0.839. The molecule has 0 aliphatic carbocycles. The lowest BCUT2D eigenvalue weighted by Crippen LogP contribution is -2.41. The monoisotopic (exact) mass is 396 g/mol. The standard InChI is InChI=1S/C17H17ClN2O5S/c1-24-16-7-2-12(10-15(16)18)19-26(22,23)14-5-3-13(4-6-14)20-8-9-25-11-17(20)21/h2-7,10,19H,8-9,11H2,1H3. The van der Waals surface area contributed by atoms with E-state index in [0.29, 0.717) is 35.3 Å². The minimum atomic E-state index is -3.79. The Labute approximate surface area is 156 Å². The molecule has 0 atom stereocenters. The summed E-state index contributed by atoms with van der Waals surface area (Å²) in [6, 6.07) is 10.7. The van der Waals surface area contributed by atoms with Crippen molar-refractivity contribution in [2.24, 2.45) is 0 Å². The minimum absolute atomic E-state index is 0.0276. The summed E-state index contributed by atoms with van der Waals surface area (Å²) in [7, 11) is -2.31. The number of hydrogen-bond acceptors (Lipinski definition) is 5. The van der Waals surface area contributed by atoms with Crippen molar-refractivity contribution in [3.8, 4) is 5.75 Å². The lowest BCUT2D eigenvalue weighted by Gasteiger charge is -2.26. The van der Waals surface area contributed by atoms with Gasteiger partial charge in [-0.1, -0.05) is 11.6 Å². The van der Waals surface area contributed by atoms with Crippen LogP contribution in [0.1, 0.15) is 0 Å². The SMILES string of the molecule is COc1ccc(NS(=O)(=O)c2ccc(N3CCOCC3=O)cc2)cc1Cl. The van der Waals surface area contributed by atoms with Crippen molar-refractivity contribution in [1.82, 2.24) is 0 Å². The number of ether oxygens (including phenoxy) is 2. The van der Waals surface area contributed by atoms with Gasteiger partial charge in [0.1, 0.15) is 12.4 Å². The van der Waals surface area contributed by atoms with Crippen molar-refractivity contribution in [2.75, 3.05) is 36.5 Å². The highest BCUT2D eigenvalue weighted by Crippen LogP contribution is 2.28. The van der Waals surface area contributed by atoms with Gasteiger partial charge in [-0.25, -0.2) is 8.42 Å². The zero-order valence-electron chi connectivity index (χ0n) is 13.9. The number of rotatable bonds is 5. The molecular weight excluding hydrogens is 380 g/mol. The second kappa shape index (κ2) is 7.53. The number of halogens is 1. The van der Waals surface area contributed by atoms with Gasteiger partial charge in [0.25, 0.3) is 15.9 Å². The molecule has 1 aliphatic heterocycles. The zero-order chi connectivity index (χ0) is 18.7. The molecule has 1 aliphatic rings. The lowest BCUT2D eigenvalue weighted by atomic mass is 10.2. The first-order valence-corrected chi connectivity index (χ1v) is 9.61. The van der Waals surface area contributed by atoms with Crippen molar-refractivity contribution >= 4 is 38.9 Å². The van der Waals surface area contributed by atoms with Crippen LogP contribution in [0.5, 0.6) is 5.75 Å². The molecule has 2 aromatic carbocycles. The highest BCUT2D eigenvalue weighted by molar-refractivity contribution is 7.92. The van der Waals surface area contributed by atoms with Gasteiger partial charge in [-0.3, -0.25) is 9.52 Å². The first kappa shape index (κ1) is 18.5. The molecule has 2 aromatic rings. The van der Waals surface area contributed by atoms with E-state index in [0.717, 1.165) is 0 Å². The van der Waals surface area contributed by atoms with Crippen molar-refractivity contribution < 1.29 is 22.7 Å². The van der Waals surface area contributed by atoms with E-state index in [-0.39, 0.29) is 17.4 Å². The summed E-state index contributed by atoms with van der Waals surface area (Å²) in [5, 5.41) is 0.300. The summed E-state index contributed by atoms with van der Waals surface area (Å²) in [5.74, 6) is 0.298. The first-order chi connectivity index (χ1) is 12.4. The Balaban J connectivity index is 1.79. The maximum absolute atomic E-state index is 12.5. The zero-order valence-corrected chi connectivity index (χ0v) is 15.5. The van der Waals surface area contributed by atoms with Gasteiger partial charge < -0.3 is 14.4 Å². The third-order valence-electron chi connectivity index (χ3n) is 3.85. The van der Waals surface area contributed by atoms with Gasteiger partial charge >= 0.3 is 0 Å². The minimum Gasteiger partial charge on any atom is -0.495 e. The first-order valence-electron chi connectivity index (χ1n) is 7.75. The highest BCUT2D eigenvalue weighted by atomic mass is 35.5. The van der Waals surface area contributed by atoms with Crippen LogP contribution in [0, 0.1) is 0 Å². The summed E-state index contributed by atoms with van der Waals surface area (Å²) in [5.41, 5.74) is 0.952. The predicted molar refractivity (Wildman–Crippen MR) is 98.4 cm³/mol. The van der Waals surface area contributed by atoms with E-state index in [1.54, 1.807) is 29.2 Å². The molecule has 138 valence electrons. The Morgan fingerprint density at radius 2 is 1.92 bits per heavy atom. The fourth-order valence-electron chi connectivity index (χ4n) is 2.54. The molecular formula is C17H17ClN2O5S. The number of anilines is 2. The molecule has 3 rings (SSSR count). The number of carbonyl (C=O) groups is 1. The Hall–Kier alpha value is -2.29. The summed E-state index contributed by atoms with van der Waals surface area (Å²) in [4.78, 5) is 13.5. The maximum Gasteiger partial charge on any atom is 0.261 e. The molecule has 1 fully saturated rings. The summed E-state index contributed by atoms with van der Waals surface area (Å²) in [6.45, 7) is 0.916. The average Bonchev–Trinajstić information content (AvgIpc) is 2.62. The molecule has 0 radical (unpaired) electrons. The maximum atomic E-state index is 12.5. The van der Waals surface area contributed by atoms with Crippen molar-refractivity contribution in [3.05, 3.63) is 47.5 Å². The molecule has 0 bridgehead atoms. The smallest absolute Gasteiger partial charge is 0.261 e. The fraction of sp³-hybridized carbons (Fsp3) is 0.235. The summed E-state index contributed by atoms with van der Waals surface area (Å²) < 4.78 is 37.7. The second-order valence-electron chi connectivity index (χ2n) is 5.55. The number of morpholine rings is 1. The molecule has 7 nitrogen and oxygen atoms in total. The van der Waals surface area contributed by atoms with E-state index in [4.69, 9.17) is 21.1 Å². The molecule has 0 saturated carbocycles. The van der Waals surface area contributed by atoms with Gasteiger partial charge in [0.05, 0.1) is 29.3 Å². The molecule has 0 unspecified atom stereocenters. The van der Waals surface area contributed by atoms with Crippen LogP contribution in [0.25, 0.3) is 0 Å². The van der Waals surface area contributed by atoms with Gasteiger partial charge in [-0.05, 0) is 42.5 Å². The van der Waals surface area contributed by atoms with Crippen LogP contribution >= 0.6 is 11.6 Å². The van der Waals surface area contributed by atoms with Crippen molar-refractivity contribution in [3.63, 3.8) is 0 Å². The molecule has 9 heteroatoms. The number of hydrogen-bond donors (Lipinski definition) is 1. The lowest BCUT2D eigenvalue weighted by molar-refractivity contribution is -0.125. The number of carbonyl (C=O) groups excluding carboxylic acids is 1. The van der Waals surface area contributed by atoms with Crippen LogP contribution < -0.4 is 14.4 Å². The molecule has 1 amide bonds. The summed E-state index contributed by atoms with van der Waals surface area (Å²) in [6.07, 6.45) is 0. The second-order valence-corrected chi connectivity index (χ2v) is 7.64. The summed E-state index contributed by atoms with van der Waals surface area (Å²) >= 11 is 6.02. The molecule has 26 heavy (non-hydrogen) atoms. The topological polar surface area (TPSA) is 84.9 Å². The van der Waals surface area contributed by atoms with Gasteiger partial charge in [-0.15, -0.1) is 0 Å². The van der Waals surface area contributed by atoms with Crippen LogP contribution in [-0.2, 0) is 19.6 Å². The molecule has 1 saturated heterocycles. The van der Waals surface area contributed by atoms with Gasteiger partial charge in [0.2, 0.25) is 0 Å². The van der Waals surface area contributed by atoms with Crippen molar-refractivity contribution in [1.29, 1.82) is 0 Å². The van der Waals surface area contributed by atoms with Gasteiger partial charge in [0.15, 0.2) is 0 Å². The largest absolute Gasteiger partial charge is 0.495 e. The van der Waals surface area contributed by atoms with Crippen LogP contribution in [0.15, 0.2) is 47.4 Å². The average molecular weight is 397 g/mol. The van der Waals surface area contributed by atoms with E-state index in [1.807, 2.05) is 0 Å². The number of nitrogens with one attached hydrogen (secondary N) is 1. The van der Waals surface area contributed by atoms with Gasteiger partial charge in [0, 0.05) is 12.2 Å². The number of benzene rings is 2. The van der Waals surface area contributed by atoms with Crippen molar-refractivity contribution in [2.45, 2.75) is 4.90 Å². The van der Waals surface area contributed by atoms with E-state index in [2.05, 4.69) is 4.72 Å². The Kier molecular flexibility index (Phi) is 5.36. The van der Waals surface area contributed by atoms with E-state index in [9.17, 15) is 13.2 Å². The number of sulfonamides is 1. The predicted octanol–water partition coefficient (Wildman–Crippen LogP) is 2.51.